The molecule has 10 heterocycles. The average Bonchev–Trinajstić information content (AvgIpc) is 3.53. The predicted molar refractivity (Wildman–Crippen MR) is 83.5 cm³/mol. The summed E-state index contributed by atoms with van der Waals surface area (Å²) < 4.78 is -0.275. The van der Waals surface area contributed by atoms with Crippen LogP contribution in [0.25, 0.3) is 6.08 Å². The van der Waals surface area contributed by atoms with Gasteiger partial charge in [-0.3, -0.25) is 0 Å². The van der Waals surface area contributed by atoms with Crippen molar-refractivity contribution in [2.75, 3.05) is 0 Å². The van der Waals surface area contributed by atoms with Gasteiger partial charge in [-0.25, -0.2) is 0 Å². The standard InChI is InChI=1S/C14H11O.C6H5O2.Fe/c15-14(13-8-4-5-9-13)11-10-12-6-2-1-3-7-12;7-6(8)5-3-1-2-4-5;/h1-11H;1-4H,(H,7,8);. The van der Waals surface area contributed by atoms with Gasteiger partial charge in [0.1, 0.15) is 0 Å². The van der Waals surface area contributed by atoms with Gasteiger partial charge in [0.05, 0.1) is 0 Å². The van der Waals surface area contributed by atoms with Crippen molar-refractivity contribution < 1.29 is 21.2 Å². The molecule has 0 radical (unpaired) electrons. The number of allylic oxidation sites excluding steroid dienone is 1. The van der Waals surface area contributed by atoms with E-state index in [-0.39, 0.29) is 8.63 Å². The van der Waals surface area contributed by atoms with Gasteiger partial charge in [0, 0.05) is 0 Å². The number of ketones is 1. The summed E-state index contributed by atoms with van der Waals surface area (Å²) in [5.41, 5.74) is 1.07. The molecule has 0 amide bonds. The molecule has 8 atom stereocenters. The molecule has 10 saturated heterocycles. The fourth-order valence-corrected chi connectivity index (χ4v) is 93.9. The van der Waals surface area contributed by atoms with Gasteiger partial charge in [0.15, 0.2) is 0 Å². The van der Waals surface area contributed by atoms with Gasteiger partial charge in [-0.15, -0.1) is 0 Å². The summed E-state index contributed by atoms with van der Waals surface area (Å²) in [6, 6.07) is 10.0. The summed E-state index contributed by atoms with van der Waals surface area (Å²) in [6.45, 7) is -4.09. The van der Waals surface area contributed by atoms with Crippen molar-refractivity contribution in [2.45, 2.75) is 47.2 Å². The van der Waals surface area contributed by atoms with Crippen LogP contribution in [0.15, 0.2) is 36.4 Å². The summed E-state index contributed by atoms with van der Waals surface area (Å²) in [6.07, 6.45) is 3.83. The number of carbonyl (C=O) groups is 2. The summed E-state index contributed by atoms with van der Waals surface area (Å²) in [4.78, 5) is 31.8. The Balaban J connectivity index is 1.23. The molecule has 11 rings (SSSR count). The van der Waals surface area contributed by atoms with Crippen LogP contribution in [0.5, 0.6) is 0 Å². The quantitative estimate of drug-likeness (QED) is 0.636. The first kappa shape index (κ1) is 9.94. The number of benzene rings is 1. The molecule has 0 saturated carbocycles. The van der Waals surface area contributed by atoms with E-state index >= 15 is 0 Å². The van der Waals surface area contributed by atoms with E-state index in [1.807, 2.05) is 42.5 Å². The fraction of sp³-hybridized carbons (Fsp3) is 0.500. The molecular formula is C20H16FeO3. The molecule has 10 aliphatic rings. The topological polar surface area (TPSA) is 54.4 Å². The molecule has 8 unspecified atom stereocenters. The number of carboxylic acids is 1. The first-order valence-electron chi connectivity index (χ1n) is 9.09. The van der Waals surface area contributed by atoms with Crippen molar-refractivity contribution in [1.29, 1.82) is 0 Å². The Labute approximate surface area is 128 Å². The molecule has 122 valence electrons. The average molecular weight is 360 g/mol. The zero-order valence-corrected chi connectivity index (χ0v) is 13.9. The van der Waals surface area contributed by atoms with E-state index in [9.17, 15) is 14.7 Å². The zero-order valence-electron chi connectivity index (χ0n) is 12.8. The monoisotopic (exact) mass is 360 g/mol. The summed E-state index contributed by atoms with van der Waals surface area (Å²) in [5.74, 6) is -0.0771. The number of hydrogen-bond donors (Lipinski definition) is 1. The molecular weight excluding hydrogens is 344 g/mol. The number of carboxylic acid groups (broad SMARTS) is 1. The van der Waals surface area contributed by atoms with Gasteiger partial charge in [0.2, 0.25) is 0 Å². The molecule has 24 heavy (non-hydrogen) atoms. The number of aliphatic carboxylic acids is 1. The van der Waals surface area contributed by atoms with Crippen LogP contribution < -0.4 is 0 Å². The van der Waals surface area contributed by atoms with Crippen molar-refractivity contribution in [2.24, 2.45) is 0 Å². The van der Waals surface area contributed by atoms with Crippen LogP contribution in [0.4, 0.5) is 0 Å². The molecule has 0 aromatic heterocycles. The molecule has 3 nitrogen and oxygen atoms in total. The normalized spacial score (nSPS) is 90.8. The second-order valence-corrected chi connectivity index (χ2v) is 35.4. The maximum absolute atomic E-state index is 13.5. The van der Waals surface area contributed by atoms with Crippen molar-refractivity contribution in [1.82, 2.24) is 0 Å². The number of rotatable bonds is 4. The van der Waals surface area contributed by atoms with Gasteiger partial charge >= 0.3 is 128 Å². The second kappa shape index (κ2) is 1.01. The van der Waals surface area contributed by atoms with Gasteiger partial charge in [-0.2, -0.15) is 0 Å². The second-order valence-electron chi connectivity index (χ2n) is 12.2. The van der Waals surface area contributed by atoms with Crippen molar-refractivity contribution in [3.8, 4) is 0 Å². The van der Waals surface area contributed by atoms with Crippen LogP contribution >= 0.6 is 0 Å². The van der Waals surface area contributed by atoms with E-state index in [4.69, 9.17) is 0 Å². The van der Waals surface area contributed by atoms with E-state index in [1.165, 1.54) is 0 Å². The van der Waals surface area contributed by atoms with Crippen LogP contribution in [0.2, 0.25) is 47.2 Å². The van der Waals surface area contributed by atoms with Crippen LogP contribution in [0.1, 0.15) is 5.56 Å². The Morgan fingerprint density at radius 1 is 0.917 bits per heavy atom. The van der Waals surface area contributed by atoms with Crippen LogP contribution in [-0.2, 0) is 16.1 Å². The van der Waals surface area contributed by atoms with Crippen LogP contribution in [-0.4, -0.2) is 16.9 Å². The van der Waals surface area contributed by atoms with Crippen LogP contribution in [0.3, 0.4) is 0 Å². The molecule has 0 bridgehead atoms. The molecule has 1 aromatic rings. The summed E-state index contributed by atoms with van der Waals surface area (Å²) in [5, 5.41) is 10.2. The van der Waals surface area contributed by atoms with E-state index in [2.05, 4.69) is 0 Å². The third-order valence-corrected chi connectivity index (χ3v) is 59.4. The molecule has 0 aliphatic carbocycles. The molecule has 1 N–H and O–H groups in total. The predicted octanol–water partition coefficient (Wildman–Crippen LogP) is 4.48. The SMILES string of the molecule is O=C(O)[C]12[CH]3[CH]4[CH]5[CH]1[Fe]45321678[CH]2[CH]1[CH]6[C]7(C(=O)C=Cc1ccccc1)[CH]28. The third-order valence-electron chi connectivity index (χ3n) is 16.7. The zero-order chi connectivity index (χ0) is 15.6. The van der Waals surface area contributed by atoms with E-state index in [0.717, 1.165) is 24.8 Å². The van der Waals surface area contributed by atoms with Crippen molar-refractivity contribution in [3.63, 3.8) is 0 Å². The van der Waals surface area contributed by atoms with E-state index < -0.39 is 12.5 Å². The van der Waals surface area contributed by atoms with Crippen molar-refractivity contribution in [3.05, 3.63) is 42.0 Å². The molecule has 1 aromatic carbocycles. The Morgan fingerprint density at radius 2 is 1.46 bits per heavy atom. The number of fused-ring (bicyclic) bond motifs is 10. The van der Waals surface area contributed by atoms with Gasteiger partial charge < -0.3 is 0 Å². The molecule has 10 aliphatic heterocycles. The van der Waals surface area contributed by atoms with Gasteiger partial charge in [-0.05, 0) is 0 Å². The minimum atomic E-state index is -4.09. The Bertz CT molecular complexity index is 1450. The Hall–Kier alpha value is -1.38. The first-order valence-corrected chi connectivity index (χ1v) is 15.3. The number of carbonyl (C=O) groups excluding carboxylic acids is 1. The molecule has 4 heteroatoms. The Kier molecular flexibility index (Phi) is 0.416. The molecule has 10 fully saturated rings. The third kappa shape index (κ3) is 0.127. The maximum atomic E-state index is 13.5. The van der Waals surface area contributed by atoms with Gasteiger partial charge in [0.25, 0.3) is 0 Å². The summed E-state index contributed by atoms with van der Waals surface area (Å²) in [7, 11) is 0. The Morgan fingerprint density at radius 3 is 1.92 bits per heavy atom. The minimum absolute atomic E-state index is 0.0297. The fourth-order valence-electron chi connectivity index (χ4n) is 18.7. The number of hydrogen-bond acceptors (Lipinski definition) is 2. The molecule has 1 spiro atoms. The van der Waals surface area contributed by atoms with E-state index in [0.29, 0.717) is 25.0 Å². The van der Waals surface area contributed by atoms with Gasteiger partial charge in [-0.1, -0.05) is 0 Å². The summed E-state index contributed by atoms with van der Waals surface area (Å²) >= 11 is 0. The van der Waals surface area contributed by atoms with Crippen LogP contribution in [0, 0.1) is 0 Å². The first-order chi connectivity index (χ1) is 11.4. The van der Waals surface area contributed by atoms with E-state index in [1.54, 1.807) is 0 Å². The van der Waals surface area contributed by atoms with Crippen molar-refractivity contribution >= 4 is 17.8 Å².